The summed E-state index contributed by atoms with van der Waals surface area (Å²) < 4.78 is 24.5. The third-order valence-corrected chi connectivity index (χ3v) is 7.20. The molecule has 2 atom stereocenters. The van der Waals surface area contributed by atoms with Crippen molar-refractivity contribution in [3.63, 3.8) is 0 Å². The van der Waals surface area contributed by atoms with Crippen LogP contribution in [0.3, 0.4) is 0 Å². The van der Waals surface area contributed by atoms with E-state index in [1.807, 2.05) is 23.1 Å². The van der Waals surface area contributed by atoms with Gasteiger partial charge < -0.3 is 4.90 Å². The van der Waals surface area contributed by atoms with Gasteiger partial charge in [0.2, 0.25) is 5.91 Å². The van der Waals surface area contributed by atoms with Crippen LogP contribution in [0.25, 0.3) is 0 Å². The average molecular weight is 348 g/mol. The minimum Gasteiger partial charge on any atom is -0.336 e. The molecule has 0 spiro atoms. The Hall–Kier alpha value is -1.40. The second kappa shape index (κ2) is 6.15. The molecule has 2 heterocycles. The number of sulfone groups is 1. The van der Waals surface area contributed by atoms with E-state index in [9.17, 15) is 13.2 Å². The number of benzene rings is 1. The van der Waals surface area contributed by atoms with Crippen LogP contribution in [0, 0.1) is 5.92 Å². The maximum Gasteiger partial charge on any atom is 0.223 e. The summed E-state index contributed by atoms with van der Waals surface area (Å²) in [6.07, 6.45) is 2.89. The minimum atomic E-state index is -3.07. The molecule has 1 aromatic rings. The van der Waals surface area contributed by atoms with Gasteiger partial charge in [0.05, 0.1) is 17.5 Å². The molecular weight excluding hydrogens is 324 g/mol. The summed E-state index contributed by atoms with van der Waals surface area (Å²) in [7, 11) is -3.07. The third-order valence-electron chi connectivity index (χ3n) is 5.50. The van der Waals surface area contributed by atoms with Crippen LogP contribution in [0.1, 0.15) is 24.8 Å². The van der Waals surface area contributed by atoms with Gasteiger partial charge in [-0.1, -0.05) is 30.3 Å². The normalized spacial score (nSPS) is 29.4. The molecule has 2 saturated heterocycles. The summed E-state index contributed by atoms with van der Waals surface area (Å²) in [5, 5.41) is 0. The zero-order valence-electron chi connectivity index (χ0n) is 13.8. The molecule has 2 unspecified atom stereocenters. The largest absolute Gasteiger partial charge is 0.336 e. The highest BCUT2D eigenvalue weighted by Gasteiger charge is 2.48. The molecule has 4 rings (SSSR count). The highest BCUT2D eigenvalue weighted by atomic mass is 32.2. The Labute approximate surface area is 143 Å². The molecule has 1 aromatic carbocycles. The molecule has 0 bridgehead atoms. The maximum atomic E-state index is 12.6. The standard InChI is InChI=1S/C18H24N2O3S/c21-18(10-14-6-7-14)20-9-8-19(11-15-4-2-1-3-5-15)16-12-24(22,23)13-17(16)20/h1-5,14,16-17H,6-13H2. The van der Waals surface area contributed by atoms with Crippen LogP contribution in [0.2, 0.25) is 0 Å². The van der Waals surface area contributed by atoms with Crippen molar-refractivity contribution in [3.05, 3.63) is 35.9 Å². The van der Waals surface area contributed by atoms with Gasteiger partial charge in [-0.2, -0.15) is 0 Å². The first-order valence-electron chi connectivity index (χ1n) is 8.80. The van der Waals surface area contributed by atoms with E-state index in [0.29, 0.717) is 18.9 Å². The fraction of sp³-hybridized carbons (Fsp3) is 0.611. The number of piperazine rings is 1. The van der Waals surface area contributed by atoms with Crippen molar-refractivity contribution in [2.24, 2.45) is 5.92 Å². The van der Waals surface area contributed by atoms with Crippen LogP contribution in [-0.4, -0.2) is 60.8 Å². The van der Waals surface area contributed by atoms with E-state index in [1.54, 1.807) is 0 Å². The Balaban J connectivity index is 1.52. The number of fused-ring (bicyclic) bond motifs is 1. The lowest BCUT2D eigenvalue weighted by molar-refractivity contribution is -0.137. The lowest BCUT2D eigenvalue weighted by atomic mass is 10.0. The van der Waals surface area contributed by atoms with Gasteiger partial charge in [-0.3, -0.25) is 9.69 Å². The third kappa shape index (κ3) is 3.35. The second-order valence-electron chi connectivity index (χ2n) is 7.40. The maximum absolute atomic E-state index is 12.6. The molecule has 6 heteroatoms. The van der Waals surface area contributed by atoms with Crippen LogP contribution in [0.5, 0.6) is 0 Å². The predicted molar refractivity (Wildman–Crippen MR) is 92.1 cm³/mol. The number of amides is 1. The Morgan fingerprint density at radius 2 is 1.75 bits per heavy atom. The van der Waals surface area contributed by atoms with Gasteiger partial charge >= 0.3 is 0 Å². The summed E-state index contributed by atoms with van der Waals surface area (Å²) >= 11 is 0. The molecular formula is C18H24N2O3S. The SMILES string of the molecule is O=C(CC1CC1)N1CCN(Cc2ccccc2)C2CS(=O)(=O)CC21. The molecule has 130 valence electrons. The van der Waals surface area contributed by atoms with E-state index in [-0.39, 0.29) is 29.5 Å². The molecule has 24 heavy (non-hydrogen) atoms. The van der Waals surface area contributed by atoms with Gasteiger partial charge in [-0.05, 0) is 24.3 Å². The smallest absolute Gasteiger partial charge is 0.223 e. The van der Waals surface area contributed by atoms with Gasteiger partial charge in [-0.15, -0.1) is 0 Å². The van der Waals surface area contributed by atoms with Gasteiger partial charge in [0.1, 0.15) is 0 Å². The van der Waals surface area contributed by atoms with Crippen molar-refractivity contribution in [2.75, 3.05) is 24.6 Å². The van der Waals surface area contributed by atoms with E-state index in [1.165, 1.54) is 5.56 Å². The number of nitrogens with zero attached hydrogens (tertiary/aromatic N) is 2. The van der Waals surface area contributed by atoms with Gasteiger partial charge in [0, 0.05) is 32.1 Å². The van der Waals surface area contributed by atoms with Gasteiger partial charge in [0.25, 0.3) is 0 Å². The van der Waals surface area contributed by atoms with Gasteiger partial charge in [-0.25, -0.2) is 8.42 Å². The van der Waals surface area contributed by atoms with Crippen molar-refractivity contribution in [2.45, 2.75) is 37.9 Å². The zero-order valence-corrected chi connectivity index (χ0v) is 14.6. The minimum absolute atomic E-state index is 0.0629. The molecule has 1 aliphatic carbocycles. The van der Waals surface area contributed by atoms with E-state index in [0.717, 1.165) is 25.9 Å². The number of hydrogen-bond acceptors (Lipinski definition) is 4. The number of carbonyl (C=O) groups is 1. The van der Waals surface area contributed by atoms with E-state index in [2.05, 4.69) is 17.0 Å². The monoisotopic (exact) mass is 348 g/mol. The topological polar surface area (TPSA) is 57.7 Å². The number of rotatable bonds is 4. The van der Waals surface area contributed by atoms with E-state index in [4.69, 9.17) is 0 Å². The lowest BCUT2D eigenvalue weighted by Crippen LogP contribution is -2.60. The number of hydrogen-bond donors (Lipinski definition) is 0. The first-order chi connectivity index (χ1) is 11.5. The lowest BCUT2D eigenvalue weighted by Gasteiger charge is -2.44. The molecule has 0 aromatic heterocycles. The Morgan fingerprint density at radius 3 is 2.46 bits per heavy atom. The fourth-order valence-corrected chi connectivity index (χ4v) is 6.05. The molecule has 1 saturated carbocycles. The quantitative estimate of drug-likeness (QED) is 0.823. The van der Waals surface area contributed by atoms with Crippen LogP contribution >= 0.6 is 0 Å². The molecule has 3 aliphatic rings. The summed E-state index contributed by atoms with van der Waals surface area (Å²) in [5.41, 5.74) is 1.19. The average Bonchev–Trinajstić information content (AvgIpc) is 3.28. The van der Waals surface area contributed by atoms with E-state index >= 15 is 0 Å². The molecule has 5 nitrogen and oxygen atoms in total. The van der Waals surface area contributed by atoms with Crippen molar-refractivity contribution in [1.29, 1.82) is 0 Å². The predicted octanol–water partition coefficient (Wildman–Crippen LogP) is 1.30. The Morgan fingerprint density at radius 1 is 1.04 bits per heavy atom. The van der Waals surface area contributed by atoms with Crippen molar-refractivity contribution in [1.82, 2.24) is 9.80 Å². The van der Waals surface area contributed by atoms with Gasteiger partial charge in [0.15, 0.2) is 9.84 Å². The van der Waals surface area contributed by atoms with Crippen LogP contribution in [0.15, 0.2) is 30.3 Å². The fourth-order valence-electron chi connectivity index (χ4n) is 4.03. The Kier molecular flexibility index (Phi) is 4.12. The molecule has 0 radical (unpaired) electrons. The van der Waals surface area contributed by atoms with Crippen LogP contribution in [0.4, 0.5) is 0 Å². The Bertz CT molecular complexity index is 715. The summed E-state index contributed by atoms with van der Waals surface area (Å²) in [6.45, 7) is 2.15. The second-order valence-corrected chi connectivity index (χ2v) is 9.56. The summed E-state index contributed by atoms with van der Waals surface area (Å²) in [5.74, 6) is 0.997. The van der Waals surface area contributed by atoms with Crippen molar-refractivity contribution >= 4 is 15.7 Å². The van der Waals surface area contributed by atoms with E-state index < -0.39 is 9.84 Å². The summed E-state index contributed by atoms with van der Waals surface area (Å²) in [4.78, 5) is 16.7. The summed E-state index contributed by atoms with van der Waals surface area (Å²) in [6, 6.07) is 9.92. The molecule has 0 N–H and O–H groups in total. The van der Waals surface area contributed by atoms with Crippen molar-refractivity contribution in [3.8, 4) is 0 Å². The highest BCUT2D eigenvalue weighted by molar-refractivity contribution is 7.91. The molecule has 3 fully saturated rings. The number of carbonyl (C=O) groups excluding carboxylic acids is 1. The van der Waals surface area contributed by atoms with Crippen LogP contribution in [-0.2, 0) is 21.2 Å². The molecule has 1 amide bonds. The first-order valence-corrected chi connectivity index (χ1v) is 10.6. The van der Waals surface area contributed by atoms with Crippen LogP contribution < -0.4 is 0 Å². The highest BCUT2D eigenvalue weighted by Crippen LogP contribution is 2.35. The first kappa shape index (κ1) is 16.1. The zero-order chi connectivity index (χ0) is 16.7. The molecule has 2 aliphatic heterocycles. The van der Waals surface area contributed by atoms with Crippen molar-refractivity contribution < 1.29 is 13.2 Å².